The van der Waals surface area contributed by atoms with Crippen LogP contribution in [0.1, 0.15) is 47.4 Å². The van der Waals surface area contributed by atoms with Crippen LogP contribution in [0.4, 0.5) is 5.13 Å². The van der Waals surface area contributed by atoms with Crippen molar-refractivity contribution in [3.05, 3.63) is 77.7 Å². The molecule has 35 heavy (non-hydrogen) atoms. The number of thiazole rings is 1. The maximum absolute atomic E-state index is 13.6. The van der Waals surface area contributed by atoms with Crippen LogP contribution in [0.3, 0.4) is 0 Å². The summed E-state index contributed by atoms with van der Waals surface area (Å²) in [6, 6.07) is 15.8. The first kappa shape index (κ1) is 23.7. The summed E-state index contributed by atoms with van der Waals surface area (Å²) < 4.78 is 34.3. The quantitative estimate of drug-likeness (QED) is 0.337. The van der Waals surface area contributed by atoms with Crippen LogP contribution in [-0.4, -0.2) is 36.7 Å². The minimum Gasteiger partial charge on any atom is -0.467 e. The van der Waals surface area contributed by atoms with Crippen molar-refractivity contribution in [3.8, 4) is 0 Å². The third-order valence-corrected chi connectivity index (χ3v) is 9.16. The van der Waals surface area contributed by atoms with E-state index in [2.05, 4.69) is 11.1 Å². The summed E-state index contributed by atoms with van der Waals surface area (Å²) >= 11 is 1.44. The smallest absolute Gasteiger partial charge is 0.260 e. The number of carbonyl (C=O) groups is 1. The molecule has 0 radical (unpaired) electrons. The molecule has 4 aromatic rings. The Hall–Kier alpha value is -3.01. The monoisotopic (exact) mass is 509 g/mol. The summed E-state index contributed by atoms with van der Waals surface area (Å²) in [4.78, 5) is 20.1. The Bertz CT molecular complexity index is 1420. The molecular weight excluding hydrogens is 482 g/mol. The molecule has 5 rings (SSSR count). The fraction of sp³-hybridized carbons (Fsp3) is 0.308. The molecule has 1 amide bonds. The van der Waals surface area contributed by atoms with Crippen molar-refractivity contribution in [3.63, 3.8) is 0 Å². The zero-order chi connectivity index (χ0) is 24.4. The van der Waals surface area contributed by atoms with Gasteiger partial charge in [-0.2, -0.15) is 4.31 Å². The number of amides is 1. The molecule has 0 spiro atoms. The van der Waals surface area contributed by atoms with Crippen LogP contribution >= 0.6 is 11.3 Å². The van der Waals surface area contributed by atoms with E-state index in [0.29, 0.717) is 29.5 Å². The molecule has 0 atom stereocenters. The van der Waals surface area contributed by atoms with Gasteiger partial charge in [0.25, 0.3) is 5.91 Å². The van der Waals surface area contributed by atoms with E-state index in [4.69, 9.17) is 4.42 Å². The van der Waals surface area contributed by atoms with Crippen LogP contribution < -0.4 is 4.90 Å². The number of aryl methyl sites for hydroxylation is 1. The molecular formula is C26H27N3O4S2. The lowest BCUT2D eigenvalue weighted by Crippen LogP contribution is -2.32. The van der Waals surface area contributed by atoms with Crippen molar-refractivity contribution in [2.75, 3.05) is 18.0 Å². The van der Waals surface area contributed by atoms with Crippen LogP contribution in [0, 0.1) is 6.92 Å². The molecule has 182 valence electrons. The first-order valence-electron chi connectivity index (χ1n) is 11.7. The number of rotatable bonds is 6. The number of fused-ring (bicyclic) bond motifs is 1. The van der Waals surface area contributed by atoms with Gasteiger partial charge in [0.2, 0.25) is 10.0 Å². The highest BCUT2D eigenvalue weighted by atomic mass is 32.2. The van der Waals surface area contributed by atoms with E-state index < -0.39 is 10.0 Å². The summed E-state index contributed by atoms with van der Waals surface area (Å²) in [7, 11) is -3.58. The van der Waals surface area contributed by atoms with Crippen LogP contribution in [0.25, 0.3) is 10.2 Å². The van der Waals surface area contributed by atoms with Gasteiger partial charge in [0.15, 0.2) is 5.13 Å². The van der Waals surface area contributed by atoms with Gasteiger partial charge in [-0.05, 0) is 73.9 Å². The van der Waals surface area contributed by atoms with E-state index >= 15 is 0 Å². The van der Waals surface area contributed by atoms with Gasteiger partial charge < -0.3 is 4.42 Å². The largest absolute Gasteiger partial charge is 0.467 e. The standard InChI is InChI=1S/C26H27N3O4S2/c1-19-8-13-23-24(17-19)34-26(27-23)29(18-21-7-6-16-33-21)25(30)20-9-11-22(12-10-20)35(31,32)28-14-4-2-3-5-15-28/h6-13,16-17H,2-5,14-15,18H2,1H3. The fourth-order valence-corrected chi connectivity index (χ4v) is 6.85. The van der Waals surface area contributed by atoms with E-state index in [0.717, 1.165) is 41.5 Å². The lowest BCUT2D eigenvalue weighted by atomic mass is 10.2. The first-order valence-corrected chi connectivity index (χ1v) is 14.0. The molecule has 9 heteroatoms. The van der Waals surface area contributed by atoms with Crippen molar-refractivity contribution in [2.45, 2.75) is 44.0 Å². The Labute approximate surface area is 209 Å². The number of anilines is 1. The summed E-state index contributed by atoms with van der Waals surface area (Å²) in [6.45, 7) is 3.32. The zero-order valence-corrected chi connectivity index (χ0v) is 21.1. The predicted molar refractivity (Wildman–Crippen MR) is 137 cm³/mol. The van der Waals surface area contributed by atoms with Gasteiger partial charge >= 0.3 is 0 Å². The lowest BCUT2D eigenvalue weighted by molar-refractivity contribution is 0.0983. The molecule has 1 saturated heterocycles. The molecule has 0 saturated carbocycles. The summed E-state index contributed by atoms with van der Waals surface area (Å²) in [5.74, 6) is 0.366. The Morgan fingerprint density at radius 3 is 2.49 bits per heavy atom. The normalized spacial score (nSPS) is 15.2. The van der Waals surface area contributed by atoms with E-state index in [9.17, 15) is 13.2 Å². The molecule has 2 aromatic carbocycles. The second-order valence-corrected chi connectivity index (χ2v) is 11.7. The van der Waals surface area contributed by atoms with Crippen LogP contribution in [0.15, 0.2) is 70.2 Å². The number of furan rings is 1. The number of sulfonamides is 1. The van der Waals surface area contributed by atoms with E-state index in [-0.39, 0.29) is 17.3 Å². The third kappa shape index (κ3) is 5.03. The highest BCUT2D eigenvalue weighted by Gasteiger charge is 2.27. The molecule has 0 N–H and O–H groups in total. The number of benzene rings is 2. The fourth-order valence-electron chi connectivity index (χ4n) is 4.28. The van der Waals surface area contributed by atoms with Crippen molar-refractivity contribution in [1.29, 1.82) is 0 Å². The van der Waals surface area contributed by atoms with Gasteiger partial charge in [-0.15, -0.1) is 0 Å². The molecule has 0 unspecified atom stereocenters. The van der Waals surface area contributed by atoms with E-state index in [1.54, 1.807) is 33.7 Å². The third-order valence-electron chi connectivity index (χ3n) is 6.21. The molecule has 2 aromatic heterocycles. The number of hydrogen-bond acceptors (Lipinski definition) is 6. The van der Waals surface area contributed by atoms with Gasteiger partial charge in [-0.1, -0.05) is 30.2 Å². The van der Waals surface area contributed by atoms with Gasteiger partial charge in [0.05, 0.1) is 27.9 Å². The minimum atomic E-state index is -3.58. The van der Waals surface area contributed by atoms with Gasteiger partial charge in [-0.3, -0.25) is 9.69 Å². The number of carbonyl (C=O) groups excluding carboxylic acids is 1. The zero-order valence-electron chi connectivity index (χ0n) is 19.5. The summed E-state index contributed by atoms with van der Waals surface area (Å²) in [5.41, 5.74) is 2.34. The second-order valence-electron chi connectivity index (χ2n) is 8.78. The maximum Gasteiger partial charge on any atom is 0.260 e. The van der Waals surface area contributed by atoms with Crippen LogP contribution in [0.2, 0.25) is 0 Å². The minimum absolute atomic E-state index is 0.212. The van der Waals surface area contributed by atoms with Gasteiger partial charge in [-0.25, -0.2) is 13.4 Å². The molecule has 1 fully saturated rings. The second kappa shape index (κ2) is 9.93. The summed E-state index contributed by atoms with van der Waals surface area (Å²) in [5, 5.41) is 0.563. The number of aromatic nitrogens is 1. The van der Waals surface area contributed by atoms with Crippen LogP contribution in [-0.2, 0) is 16.6 Å². The van der Waals surface area contributed by atoms with Crippen molar-refractivity contribution >= 4 is 42.6 Å². The maximum atomic E-state index is 13.6. The molecule has 0 bridgehead atoms. The van der Waals surface area contributed by atoms with Gasteiger partial charge in [0.1, 0.15) is 5.76 Å². The molecule has 0 aliphatic carbocycles. The molecule has 7 nitrogen and oxygen atoms in total. The average Bonchev–Trinajstić information content (AvgIpc) is 3.43. The SMILES string of the molecule is Cc1ccc2nc(N(Cc3ccco3)C(=O)c3ccc(S(=O)(=O)N4CCCCCC4)cc3)sc2c1. The molecule has 1 aliphatic rings. The Kier molecular flexibility index (Phi) is 6.73. The Balaban J connectivity index is 1.45. The van der Waals surface area contributed by atoms with Gasteiger partial charge in [0, 0.05) is 18.7 Å². The van der Waals surface area contributed by atoms with E-state index in [1.807, 2.05) is 25.1 Å². The highest BCUT2D eigenvalue weighted by Crippen LogP contribution is 2.32. The number of hydrogen-bond donors (Lipinski definition) is 0. The lowest BCUT2D eigenvalue weighted by Gasteiger charge is -2.21. The predicted octanol–water partition coefficient (Wildman–Crippen LogP) is 5.61. The Morgan fingerprint density at radius 1 is 1.06 bits per heavy atom. The topological polar surface area (TPSA) is 83.7 Å². The molecule has 1 aliphatic heterocycles. The first-order chi connectivity index (χ1) is 16.9. The summed E-state index contributed by atoms with van der Waals surface area (Å²) in [6.07, 6.45) is 5.42. The average molecular weight is 510 g/mol. The van der Waals surface area contributed by atoms with Crippen molar-refractivity contribution in [1.82, 2.24) is 9.29 Å². The van der Waals surface area contributed by atoms with Crippen molar-refractivity contribution < 1.29 is 17.6 Å². The molecule has 3 heterocycles. The highest BCUT2D eigenvalue weighted by molar-refractivity contribution is 7.89. The number of nitrogens with zero attached hydrogens (tertiary/aromatic N) is 3. The Morgan fingerprint density at radius 2 is 1.80 bits per heavy atom. The van der Waals surface area contributed by atoms with Crippen LogP contribution in [0.5, 0.6) is 0 Å². The van der Waals surface area contributed by atoms with E-state index in [1.165, 1.54) is 23.5 Å². The van der Waals surface area contributed by atoms with Crippen molar-refractivity contribution in [2.24, 2.45) is 0 Å².